The highest BCUT2D eigenvalue weighted by Crippen LogP contribution is 2.47. The van der Waals surface area contributed by atoms with E-state index in [-0.39, 0.29) is 0 Å². The summed E-state index contributed by atoms with van der Waals surface area (Å²) in [6, 6.07) is 29.8. The van der Waals surface area contributed by atoms with Crippen LogP contribution in [0.5, 0.6) is 0 Å². The maximum Gasteiger partial charge on any atom is 0.542 e. The lowest BCUT2D eigenvalue weighted by molar-refractivity contribution is 0.171. The van der Waals surface area contributed by atoms with E-state index in [0.717, 1.165) is 16.7 Å². The number of benzene rings is 3. The zero-order valence-electron chi connectivity index (χ0n) is 14.1. The Balaban J connectivity index is 2.29. The zero-order chi connectivity index (χ0) is 17.5. The van der Waals surface area contributed by atoms with Crippen molar-refractivity contribution in [1.82, 2.24) is 0 Å². The predicted octanol–water partition coefficient (Wildman–Crippen LogP) is 6.27. The highest BCUT2D eigenvalue weighted by molar-refractivity contribution is 7.42. The van der Waals surface area contributed by atoms with E-state index >= 15 is 0 Å². The van der Waals surface area contributed by atoms with Crippen molar-refractivity contribution in [2.75, 3.05) is 0 Å². The van der Waals surface area contributed by atoms with Gasteiger partial charge in [0, 0.05) is 0 Å². The van der Waals surface area contributed by atoms with Gasteiger partial charge < -0.3 is 0 Å². The lowest BCUT2D eigenvalue weighted by Gasteiger charge is -2.30. The van der Waals surface area contributed by atoms with Crippen LogP contribution in [0.1, 0.15) is 23.6 Å². The molecule has 0 aliphatic carbocycles. The summed E-state index contributed by atoms with van der Waals surface area (Å²) < 4.78 is 18.9. The van der Waals surface area contributed by atoms with Crippen molar-refractivity contribution in [3.05, 3.63) is 120 Å². The Morgan fingerprint density at radius 1 is 0.720 bits per heavy atom. The van der Waals surface area contributed by atoms with Gasteiger partial charge in [-0.25, -0.2) is 0 Å². The molecule has 25 heavy (non-hydrogen) atoms. The fourth-order valence-corrected chi connectivity index (χ4v) is 3.85. The minimum Gasteiger partial charge on any atom is -0.121 e. The van der Waals surface area contributed by atoms with Gasteiger partial charge in [-0.15, -0.1) is 4.52 Å². The standard InChI is InChI=1S/C22H20O2P/c1-2-18-25(23)24-22(19-12-6-3-7-13-19,20-14-8-4-9-15-20)21-16-10-5-11-17-21/h2-18H,1H3/q+1. The molecule has 3 heteroatoms. The first-order valence-electron chi connectivity index (χ1n) is 8.22. The van der Waals surface area contributed by atoms with Crippen LogP contribution in [0, 0.1) is 0 Å². The number of allylic oxidation sites excluding steroid dienone is 1. The molecule has 3 aromatic carbocycles. The molecular formula is C22H20O2P+. The molecule has 0 N–H and O–H groups in total. The van der Waals surface area contributed by atoms with Crippen molar-refractivity contribution in [2.24, 2.45) is 0 Å². The van der Waals surface area contributed by atoms with E-state index in [4.69, 9.17) is 4.52 Å². The average Bonchev–Trinajstić information content (AvgIpc) is 2.68. The molecule has 0 aromatic heterocycles. The van der Waals surface area contributed by atoms with Crippen LogP contribution < -0.4 is 0 Å². The smallest absolute Gasteiger partial charge is 0.121 e. The predicted molar refractivity (Wildman–Crippen MR) is 103 cm³/mol. The van der Waals surface area contributed by atoms with Gasteiger partial charge in [-0.3, -0.25) is 0 Å². The molecule has 0 saturated carbocycles. The normalized spacial score (nSPS) is 12.3. The van der Waals surface area contributed by atoms with Crippen molar-refractivity contribution < 1.29 is 9.09 Å². The molecule has 3 rings (SSSR count). The molecule has 0 radical (unpaired) electrons. The molecule has 0 aliphatic rings. The molecule has 1 atom stereocenters. The van der Waals surface area contributed by atoms with Gasteiger partial charge in [0.05, 0.1) is 0 Å². The summed E-state index contributed by atoms with van der Waals surface area (Å²) in [5.74, 6) is 1.60. The van der Waals surface area contributed by atoms with Crippen molar-refractivity contribution >= 4 is 8.03 Å². The largest absolute Gasteiger partial charge is 0.542 e. The Morgan fingerprint density at radius 2 is 1.08 bits per heavy atom. The highest BCUT2D eigenvalue weighted by Gasteiger charge is 2.44. The number of rotatable bonds is 6. The van der Waals surface area contributed by atoms with Crippen LogP contribution in [-0.2, 0) is 14.7 Å². The van der Waals surface area contributed by atoms with Crippen molar-refractivity contribution in [2.45, 2.75) is 12.5 Å². The van der Waals surface area contributed by atoms with E-state index in [1.165, 1.54) is 0 Å². The molecule has 3 aromatic rings. The second kappa shape index (κ2) is 8.02. The summed E-state index contributed by atoms with van der Waals surface area (Å²) in [6.07, 6.45) is 1.75. The summed E-state index contributed by atoms with van der Waals surface area (Å²) >= 11 is 0. The van der Waals surface area contributed by atoms with Gasteiger partial charge in [-0.1, -0.05) is 91.0 Å². The minimum absolute atomic E-state index is 0.934. The third-order valence-electron chi connectivity index (χ3n) is 4.04. The fraction of sp³-hybridized carbons (Fsp3) is 0.0909. The maximum absolute atomic E-state index is 12.6. The summed E-state index contributed by atoms with van der Waals surface area (Å²) in [5, 5.41) is 0. The average molecular weight is 347 g/mol. The lowest BCUT2D eigenvalue weighted by Crippen LogP contribution is -2.30. The van der Waals surface area contributed by atoms with E-state index in [2.05, 4.69) is 0 Å². The molecule has 124 valence electrons. The van der Waals surface area contributed by atoms with Crippen LogP contribution in [-0.4, -0.2) is 0 Å². The number of hydrogen-bond acceptors (Lipinski definition) is 2. The van der Waals surface area contributed by atoms with E-state index < -0.39 is 13.6 Å². The van der Waals surface area contributed by atoms with Crippen molar-refractivity contribution in [3.63, 3.8) is 0 Å². The van der Waals surface area contributed by atoms with Gasteiger partial charge >= 0.3 is 8.03 Å². The third-order valence-corrected chi connectivity index (χ3v) is 5.03. The van der Waals surface area contributed by atoms with Crippen LogP contribution in [0.3, 0.4) is 0 Å². The van der Waals surface area contributed by atoms with Gasteiger partial charge in [0.25, 0.3) is 0 Å². The fourth-order valence-electron chi connectivity index (χ4n) is 2.96. The summed E-state index contributed by atoms with van der Waals surface area (Å²) in [7, 11) is -1.97. The summed E-state index contributed by atoms with van der Waals surface area (Å²) in [6.45, 7) is 1.84. The molecule has 0 amide bonds. The number of hydrogen-bond donors (Lipinski definition) is 0. The summed E-state index contributed by atoms with van der Waals surface area (Å²) in [4.78, 5) is 0. The molecule has 0 fully saturated rings. The van der Waals surface area contributed by atoms with Crippen LogP contribution >= 0.6 is 8.03 Å². The van der Waals surface area contributed by atoms with Crippen LogP contribution in [0.15, 0.2) is 103 Å². The Kier molecular flexibility index (Phi) is 5.55. The zero-order valence-corrected chi connectivity index (χ0v) is 15.0. The van der Waals surface area contributed by atoms with Crippen molar-refractivity contribution in [1.29, 1.82) is 0 Å². The Labute approximate surface area is 149 Å². The van der Waals surface area contributed by atoms with Crippen molar-refractivity contribution in [3.8, 4) is 0 Å². The molecule has 1 unspecified atom stereocenters. The molecule has 0 spiro atoms. The van der Waals surface area contributed by atoms with E-state index in [1.54, 1.807) is 11.9 Å². The molecule has 0 bridgehead atoms. The molecule has 0 saturated heterocycles. The second-order valence-electron chi connectivity index (χ2n) is 5.64. The van der Waals surface area contributed by atoms with E-state index in [1.807, 2.05) is 97.9 Å². The first-order valence-corrected chi connectivity index (χ1v) is 9.47. The summed E-state index contributed by atoms with van der Waals surface area (Å²) in [5.41, 5.74) is 1.90. The van der Waals surface area contributed by atoms with Gasteiger partial charge in [0.1, 0.15) is 0 Å². The van der Waals surface area contributed by atoms with Gasteiger partial charge in [-0.05, 0) is 34.3 Å². The SMILES string of the molecule is CC=C[P+](=O)OC(c1ccccc1)(c1ccccc1)c1ccccc1. The minimum atomic E-state index is -1.97. The molecule has 2 nitrogen and oxygen atoms in total. The monoisotopic (exact) mass is 347 g/mol. The lowest BCUT2D eigenvalue weighted by atomic mass is 9.80. The molecular weight excluding hydrogens is 327 g/mol. The van der Waals surface area contributed by atoms with Gasteiger partial charge in [-0.2, -0.15) is 0 Å². The second-order valence-corrected chi connectivity index (χ2v) is 6.69. The van der Waals surface area contributed by atoms with E-state index in [0.29, 0.717) is 0 Å². The Morgan fingerprint density at radius 3 is 1.40 bits per heavy atom. The Bertz CT molecular complexity index is 746. The Hall–Kier alpha value is -2.54. The van der Waals surface area contributed by atoms with E-state index in [9.17, 15) is 4.57 Å². The van der Waals surface area contributed by atoms with Crippen LogP contribution in [0.4, 0.5) is 0 Å². The quantitative estimate of drug-likeness (QED) is 0.388. The maximum atomic E-state index is 12.6. The third kappa shape index (κ3) is 3.61. The molecule has 0 aliphatic heterocycles. The topological polar surface area (TPSA) is 26.3 Å². The van der Waals surface area contributed by atoms with Gasteiger partial charge in [0.15, 0.2) is 11.4 Å². The molecule has 0 heterocycles. The van der Waals surface area contributed by atoms with Gasteiger partial charge in [0.2, 0.25) is 0 Å². The van der Waals surface area contributed by atoms with Crippen LogP contribution in [0.25, 0.3) is 0 Å². The first-order chi connectivity index (χ1) is 12.3. The first kappa shape index (κ1) is 17.3. The van der Waals surface area contributed by atoms with Crippen LogP contribution in [0.2, 0.25) is 0 Å². The highest BCUT2D eigenvalue weighted by atomic mass is 31.1.